The van der Waals surface area contributed by atoms with Crippen molar-refractivity contribution in [3.63, 3.8) is 0 Å². The molecule has 0 bridgehead atoms. The average molecular weight is 621 g/mol. The molecule has 1 amide bonds. The summed E-state index contributed by atoms with van der Waals surface area (Å²) in [6.45, 7) is 2.99. The van der Waals surface area contributed by atoms with Crippen LogP contribution < -0.4 is 10.1 Å². The zero-order valence-corrected chi connectivity index (χ0v) is 23.9. The van der Waals surface area contributed by atoms with Gasteiger partial charge in [-0.05, 0) is 61.9 Å². The van der Waals surface area contributed by atoms with E-state index in [0.29, 0.717) is 43.7 Å². The SMILES string of the molecule is COc1ccc(NC(=O)C2CCCN(Cc3nc(-c4ccc(Br)cc4)no3)C2)cc1S(=O)(=O)N1CCOCC1. The van der Waals surface area contributed by atoms with Crippen molar-refractivity contribution in [1.82, 2.24) is 19.3 Å². The van der Waals surface area contributed by atoms with E-state index in [2.05, 4.69) is 36.3 Å². The molecule has 2 saturated heterocycles. The molecule has 11 nitrogen and oxygen atoms in total. The third-order valence-corrected chi connectivity index (χ3v) is 9.27. The Labute approximate surface area is 235 Å². The first-order valence-corrected chi connectivity index (χ1v) is 14.9. The summed E-state index contributed by atoms with van der Waals surface area (Å²) < 4.78 is 45.0. The molecule has 1 aromatic heterocycles. The van der Waals surface area contributed by atoms with Gasteiger partial charge in [-0.15, -0.1) is 0 Å². The Kier molecular flexibility index (Phi) is 8.62. The van der Waals surface area contributed by atoms with Crippen molar-refractivity contribution in [3.8, 4) is 17.1 Å². The number of hydrogen-bond acceptors (Lipinski definition) is 9. The molecule has 1 unspecified atom stereocenters. The number of methoxy groups -OCH3 is 1. The maximum Gasteiger partial charge on any atom is 0.246 e. The second-order valence-corrected chi connectivity index (χ2v) is 12.3. The molecule has 2 aromatic carbocycles. The highest BCUT2D eigenvalue weighted by Gasteiger charge is 2.31. The van der Waals surface area contributed by atoms with Gasteiger partial charge in [0.05, 0.1) is 32.8 Å². The van der Waals surface area contributed by atoms with Crippen LogP contribution in [-0.2, 0) is 26.1 Å². The number of ether oxygens (including phenoxy) is 2. The smallest absolute Gasteiger partial charge is 0.246 e. The van der Waals surface area contributed by atoms with E-state index in [9.17, 15) is 13.2 Å². The summed E-state index contributed by atoms with van der Waals surface area (Å²) in [5.74, 6) is 0.799. The van der Waals surface area contributed by atoms with Crippen molar-refractivity contribution >= 4 is 37.5 Å². The minimum absolute atomic E-state index is 0.0212. The van der Waals surface area contributed by atoms with Gasteiger partial charge in [0.15, 0.2) is 0 Å². The second-order valence-electron chi connectivity index (χ2n) is 9.46. The topological polar surface area (TPSA) is 127 Å². The highest BCUT2D eigenvalue weighted by Crippen LogP contribution is 2.31. The summed E-state index contributed by atoms with van der Waals surface area (Å²) in [7, 11) is -2.38. The van der Waals surface area contributed by atoms with Gasteiger partial charge in [0.25, 0.3) is 0 Å². The Morgan fingerprint density at radius 2 is 1.92 bits per heavy atom. The number of rotatable bonds is 8. The second kappa shape index (κ2) is 12.1. The van der Waals surface area contributed by atoms with Crippen LogP contribution in [0.15, 0.2) is 56.4 Å². The van der Waals surface area contributed by atoms with E-state index in [1.807, 2.05) is 24.3 Å². The van der Waals surface area contributed by atoms with E-state index in [4.69, 9.17) is 14.0 Å². The molecule has 5 rings (SSSR count). The molecule has 13 heteroatoms. The van der Waals surface area contributed by atoms with Crippen LogP contribution in [0.4, 0.5) is 5.69 Å². The van der Waals surface area contributed by atoms with Crippen LogP contribution in [0.2, 0.25) is 0 Å². The Balaban J connectivity index is 1.24. The molecule has 1 N–H and O–H groups in total. The lowest BCUT2D eigenvalue weighted by atomic mass is 9.97. The number of halogens is 1. The van der Waals surface area contributed by atoms with Crippen LogP contribution in [0.1, 0.15) is 18.7 Å². The normalized spacial score (nSPS) is 19.1. The molecular weight excluding hydrogens is 590 g/mol. The van der Waals surface area contributed by atoms with Gasteiger partial charge in [-0.3, -0.25) is 9.69 Å². The fraction of sp³-hybridized carbons (Fsp3) is 0.423. The van der Waals surface area contributed by atoms with Crippen molar-refractivity contribution < 1.29 is 27.2 Å². The molecule has 0 spiro atoms. The molecule has 3 heterocycles. The van der Waals surface area contributed by atoms with Gasteiger partial charge in [0.2, 0.25) is 27.6 Å². The fourth-order valence-corrected chi connectivity index (χ4v) is 6.62. The van der Waals surface area contributed by atoms with Crippen molar-refractivity contribution in [2.24, 2.45) is 5.92 Å². The number of anilines is 1. The first-order valence-electron chi connectivity index (χ1n) is 12.7. The number of amides is 1. The molecule has 1 atom stereocenters. The first-order chi connectivity index (χ1) is 18.8. The van der Waals surface area contributed by atoms with Crippen LogP contribution >= 0.6 is 15.9 Å². The maximum atomic E-state index is 13.3. The lowest BCUT2D eigenvalue weighted by Crippen LogP contribution is -2.41. The molecule has 39 heavy (non-hydrogen) atoms. The quantitative estimate of drug-likeness (QED) is 0.403. The summed E-state index contributed by atoms with van der Waals surface area (Å²) in [5.41, 5.74) is 1.26. The van der Waals surface area contributed by atoms with Crippen LogP contribution in [0, 0.1) is 5.92 Å². The number of likely N-dealkylation sites (tertiary alicyclic amines) is 1. The summed E-state index contributed by atoms with van der Waals surface area (Å²) in [6.07, 6.45) is 1.57. The van der Waals surface area contributed by atoms with Gasteiger partial charge in [0.1, 0.15) is 10.6 Å². The average Bonchev–Trinajstić information content (AvgIpc) is 3.42. The third kappa shape index (κ3) is 6.49. The molecule has 2 aliphatic rings. The Bertz CT molecular complexity index is 1410. The van der Waals surface area contributed by atoms with Crippen LogP contribution in [0.25, 0.3) is 11.4 Å². The van der Waals surface area contributed by atoms with Gasteiger partial charge in [-0.1, -0.05) is 21.1 Å². The number of piperidine rings is 1. The Hall–Kier alpha value is -2.84. The molecule has 208 valence electrons. The number of nitrogens with zero attached hydrogens (tertiary/aromatic N) is 4. The van der Waals surface area contributed by atoms with E-state index in [1.165, 1.54) is 17.5 Å². The first kappa shape index (κ1) is 27.7. The lowest BCUT2D eigenvalue weighted by molar-refractivity contribution is -0.121. The van der Waals surface area contributed by atoms with E-state index in [-0.39, 0.29) is 35.6 Å². The van der Waals surface area contributed by atoms with E-state index in [1.54, 1.807) is 12.1 Å². The fourth-order valence-electron chi connectivity index (χ4n) is 4.77. The molecule has 2 fully saturated rings. The third-order valence-electron chi connectivity index (χ3n) is 6.82. The summed E-state index contributed by atoms with van der Waals surface area (Å²) in [5, 5.41) is 7.00. The van der Waals surface area contributed by atoms with Crippen molar-refractivity contribution in [2.75, 3.05) is 51.8 Å². The van der Waals surface area contributed by atoms with Crippen LogP contribution in [0.3, 0.4) is 0 Å². The number of aromatic nitrogens is 2. The summed E-state index contributed by atoms with van der Waals surface area (Å²) in [6, 6.07) is 12.3. The van der Waals surface area contributed by atoms with Gasteiger partial charge in [-0.25, -0.2) is 8.42 Å². The predicted molar refractivity (Wildman–Crippen MR) is 147 cm³/mol. The molecular formula is C26H30BrN5O6S. The van der Waals surface area contributed by atoms with E-state index in [0.717, 1.165) is 29.4 Å². The van der Waals surface area contributed by atoms with Crippen molar-refractivity contribution in [1.29, 1.82) is 0 Å². The number of benzene rings is 2. The van der Waals surface area contributed by atoms with E-state index >= 15 is 0 Å². The largest absolute Gasteiger partial charge is 0.495 e. The highest BCUT2D eigenvalue weighted by molar-refractivity contribution is 9.10. The van der Waals surface area contributed by atoms with Gasteiger partial charge >= 0.3 is 0 Å². The lowest BCUT2D eigenvalue weighted by Gasteiger charge is -2.31. The zero-order valence-electron chi connectivity index (χ0n) is 21.5. The van der Waals surface area contributed by atoms with Gasteiger partial charge in [-0.2, -0.15) is 9.29 Å². The minimum atomic E-state index is -3.81. The summed E-state index contributed by atoms with van der Waals surface area (Å²) >= 11 is 3.42. The Morgan fingerprint density at radius 1 is 1.15 bits per heavy atom. The molecule has 2 aliphatic heterocycles. The van der Waals surface area contributed by atoms with Crippen LogP contribution in [-0.4, -0.2) is 80.2 Å². The van der Waals surface area contributed by atoms with Crippen molar-refractivity contribution in [3.05, 3.63) is 52.8 Å². The maximum absolute atomic E-state index is 13.3. The number of nitrogens with one attached hydrogen (secondary N) is 1. The number of carbonyl (C=O) groups is 1. The molecule has 0 aliphatic carbocycles. The van der Waals surface area contributed by atoms with E-state index < -0.39 is 10.0 Å². The molecule has 0 radical (unpaired) electrons. The monoisotopic (exact) mass is 619 g/mol. The number of carbonyl (C=O) groups excluding carboxylic acids is 1. The summed E-state index contributed by atoms with van der Waals surface area (Å²) in [4.78, 5) is 19.9. The predicted octanol–water partition coefficient (Wildman–Crippen LogP) is 3.38. The van der Waals surface area contributed by atoms with Crippen molar-refractivity contribution in [2.45, 2.75) is 24.3 Å². The van der Waals surface area contributed by atoms with Gasteiger partial charge in [0, 0.05) is 35.4 Å². The number of sulfonamides is 1. The number of hydrogen-bond donors (Lipinski definition) is 1. The molecule has 3 aromatic rings. The Morgan fingerprint density at radius 3 is 2.67 bits per heavy atom. The minimum Gasteiger partial charge on any atom is -0.495 e. The highest BCUT2D eigenvalue weighted by atomic mass is 79.9. The van der Waals surface area contributed by atoms with Crippen LogP contribution in [0.5, 0.6) is 5.75 Å². The molecule has 0 saturated carbocycles. The number of morpholine rings is 1. The van der Waals surface area contributed by atoms with Gasteiger partial charge < -0.3 is 19.3 Å². The zero-order chi connectivity index (χ0) is 27.4. The standard InChI is InChI=1S/C26H30BrN5O6S/c1-36-22-9-8-21(15-23(22)39(34,35)32-11-13-37-14-12-32)28-26(33)19-3-2-10-31(16-19)17-24-29-25(30-38-24)18-4-6-20(27)7-5-18/h4-9,15,19H,2-3,10-14,16-17H2,1H3,(H,28,33).